The maximum atomic E-state index is 10.8. The van der Waals surface area contributed by atoms with E-state index < -0.39 is 5.97 Å². The minimum atomic E-state index is -1.17. The van der Waals surface area contributed by atoms with Crippen LogP contribution in [0.25, 0.3) is 0 Å². The molecule has 6 nitrogen and oxygen atoms in total. The molecule has 0 amide bonds. The third-order valence-corrected chi connectivity index (χ3v) is 1.85. The van der Waals surface area contributed by atoms with Crippen molar-refractivity contribution in [3.63, 3.8) is 0 Å². The molecule has 0 unspecified atom stereocenters. The monoisotopic (exact) mass is 334 g/mol. The van der Waals surface area contributed by atoms with Crippen molar-refractivity contribution in [1.82, 2.24) is 0 Å². The van der Waals surface area contributed by atoms with Crippen molar-refractivity contribution in [3.05, 3.63) is 34.9 Å². The fourth-order valence-electron chi connectivity index (χ4n) is 1.12. The lowest BCUT2D eigenvalue weighted by Crippen LogP contribution is -2.19. The molecule has 0 spiro atoms. The fraction of sp³-hybridized carbons (Fsp3) is 0. The van der Waals surface area contributed by atoms with Crippen molar-refractivity contribution in [2.24, 2.45) is 11.5 Å². The van der Waals surface area contributed by atoms with Crippen LogP contribution in [0.2, 0.25) is 0 Å². The van der Waals surface area contributed by atoms with Gasteiger partial charge in [0.05, 0.1) is 5.56 Å². The van der Waals surface area contributed by atoms with Crippen molar-refractivity contribution in [3.8, 4) is 0 Å². The normalized spacial score (nSPS) is 9.00. The highest BCUT2D eigenvalue weighted by atomic mass is 127. The molecule has 0 bridgehead atoms. The highest BCUT2D eigenvalue weighted by molar-refractivity contribution is 14.0. The van der Waals surface area contributed by atoms with Gasteiger partial charge < -0.3 is 16.6 Å². The third-order valence-electron chi connectivity index (χ3n) is 1.85. The standard InChI is InChI=1S/C9H10N4O2.HI/c10-7(11)4-1-2-5(9(14)15)6(3-4)8(12)13;/h1-3H,(H3,10,11)(H3,12,13)(H,14,15);1H. The van der Waals surface area contributed by atoms with Gasteiger partial charge in [0.1, 0.15) is 11.7 Å². The molecule has 0 saturated heterocycles. The number of nitrogens with two attached hydrogens (primary N) is 2. The number of nitrogens with one attached hydrogen (secondary N) is 2. The van der Waals surface area contributed by atoms with Crippen molar-refractivity contribution in [2.75, 3.05) is 0 Å². The number of rotatable bonds is 3. The second-order valence-corrected chi connectivity index (χ2v) is 2.89. The van der Waals surface area contributed by atoms with E-state index in [1.807, 2.05) is 0 Å². The second kappa shape index (κ2) is 5.45. The number of carboxylic acids is 1. The third kappa shape index (κ3) is 2.92. The number of hydrogen-bond acceptors (Lipinski definition) is 3. The van der Waals surface area contributed by atoms with Crippen LogP contribution in [0.3, 0.4) is 0 Å². The van der Waals surface area contributed by atoms with Gasteiger partial charge in [-0.1, -0.05) is 6.07 Å². The van der Waals surface area contributed by atoms with Crippen LogP contribution in [0.4, 0.5) is 0 Å². The van der Waals surface area contributed by atoms with Crippen LogP contribution in [0.5, 0.6) is 0 Å². The number of nitrogen functional groups attached to an aromatic ring is 2. The molecule has 16 heavy (non-hydrogen) atoms. The summed E-state index contributed by atoms with van der Waals surface area (Å²) in [7, 11) is 0. The van der Waals surface area contributed by atoms with Gasteiger partial charge in [-0.25, -0.2) is 4.79 Å². The van der Waals surface area contributed by atoms with Gasteiger partial charge in [0.2, 0.25) is 0 Å². The van der Waals surface area contributed by atoms with E-state index in [1.54, 1.807) is 0 Å². The summed E-state index contributed by atoms with van der Waals surface area (Å²) in [5.74, 6) is -1.74. The molecule has 0 aliphatic carbocycles. The maximum Gasteiger partial charge on any atom is 0.336 e. The van der Waals surface area contributed by atoms with Gasteiger partial charge in [-0.3, -0.25) is 10.8 Å². The molecule has 7 N–H and O–H groups in total. The molecule has 0 atom stereocenters. The molecular weight excluding hydrogens is 323 g/mol. The van der Waals surface area contributed by atoms with Gasteiger partial charge in [0.15, 0.2) is 0 Å². The minimum absolute atomic E-state index is 0. The Morgan fingerprint density at radius 2 is 1.69 bits per heavy atom. The summed E-state index contributed by atoms with van der Waals surface area (Å²) in [6.45, 7) is 0. The summed E-state index contributed by atoms with van der Waals surface area (Å²) in [6.07, 6.45) is 0. The number of carbonyl (C=O) groups is 1. The van der Waals surface area contributed by atoms with E-state index in [0.717, 1.165) is 0 Å². The SMILES string of the molecule is I.N=C(N)c1ccc(C(=O)O)c(C(=N)N)c1. The summed E-state index contributed by atoms with van der Waals surface area (Å²) in [5, 5.41) is 23.2. The first kappa shape index (κ1) is 14.4. The van der Waals surface area contributed by atoms with Gasteiger partial charge in [-0.05, 0) is 12.1 Å². The molecule has 0 radical (unpaired) electrons. The lowest BCUT2D eigenvalue weighted by Gasteiger charge is -2.06. The largest absolute Gasteiger partial charge is 0.478 e. The van der Waals surface area contributed by atoms with Crippen LogP contribution in [0, 0.1) is 10.8 Å². The average Bonchev–Trinajstić information content (AvgIpc) is 2.16. The van der Waals surface area contributed by atoms with Crippen molar-refractivity contribution >= 4 is 41.6 Å². The zero-order chi connectivity index (χ0) is 11.6. The Bertz CT molecular complexity index is 459. The minimum Gasteiger partial charge on any atom is -0.478 e. The molecule has 0 heterocycles. The first-order chi connectivity index (χ1) is 6.93. The molecule has 0 aliphatic rings. The smallest absolute Gasteiger partial charge is 0.336 e. The van der Waals surface area contributed by atoms with E-state index >= 15 is 0 Å². The Balaban J connectivity index is 0.00000225. The maximum absolute atomic E-state index is 10.8. The molecule has 0 fully saturated rings. The molecule has 86 valence electrons. The first-order valence-electron chi connectivity index (χ1n) is 3.99. The van der Waals surface area contributed by atoms with Crippen molar-refractivity contribution < 1.29 is 9.90 Å². The Hall–Kier alpha value is -1.64. The molecule has 1 aromatic rings. The van der Waals surface area contributed by atoms with Crippen molar-refractivity contribution in [1.29, 1.82) is 10.8 Å². The summed E-state index contributed by atoms with van der Waals surface area (Å²) in [4.78, 5) is 10.8. The van der Waals surface area contributed by atoms with E-state index in [0.29, 0.717) is 5.56 Å². The predicted molar refractivity (Wildman–Crippen MR) is 70.8 cm³/mol. The average molecular weight is 334 g/mol. The quantitative estimate of drug-likeness (QED) is 0.313. The Morgan fingerprint density at radius 3 is 2.06 bits per heavy atom. The van der Waals surface area contributed by atoms with E-state index in [2.05, 4.69) is 0 Å². The number of amidine groups is 2. The fourth-order valence-corrected chi connectivity index (χ4v) is 1.12. The number of aromatic carboxylic acids is 1. The lowest BCUT2D eigenvalue weighted by atomic mass is 10.0. The first-order valence-corrected chi connectivity index (χ1v) is 3.99. The highest BCUT2D eigenvalue weighted by Gasteiger charge is 2.13. The topological polar surface area (TPSA) is 137 Å². The summed E-state index contributed by atoms with van der Waals surface area (Å²) in [6, 6.07) is 3.99. The number of hydrogen-bond donors (Lipinski definition) is 5. The highest BCUT2D eigenvalue weighted by Crippen LogP contribution is 2.11. The molecule has 1 rings (SSSR count). The van der Waals surface area contributed by atoms with Crippen LogP contribution >= 0.6 is 24.0 Å². The lowest BCUT2D eigenvalue weighted by molar-refractivity contribution is 0.0696. The molecule has 0 saturated carbocycles. The molecule has 0 aliphatic heterocycles. The molecular formula is C9H11IN4O2. The molecule has 7 heteroatoms. The van der Waals surface area contributed by atoms with Gasteiger partial charge in [0, 0.05) is 11.1 Å². The zero-order valence-electron chi connectivity index (χ0n) is 8.15. The number of benzene rings is 1. The Labute approximate surface area is 109 Å². The number of carboxylic acid groups (broad SMARTS) is 1. The molecule has 0 aromatic heterocycles. The van der Waals surface area contributed by atoms with Crippen molar-refractivity contribution in [2.45, 2.75) is 0 Å². The summed E-state index contributed by atoms with van der Waals surface area (Å²) in [5.41, 5.74) is 10.8. The van der Waals surface area contributed by atoms with E-state index in [1.165, 1.54) is 18.2 Å². The van der Waals surface area contributed by atoms with E-state index in [-0.39, 0.29) is 46.8 Å². The summed E-state index contributed by atoms with van der Waals surface area (Å²) >= 11 is 0. The van der Waals surface area contributed by atoms with Gasteiger partial charge in [-0.15, -0.1) is 24.0 Å². The molecule has 1 aromatic carbocycles. The Kier molecular flexibility index (Phi) is 4.89. The predicted octanol–water partition coefficient (Wildman–Crippen LogP) is 0.571. The second-order valence-electron chi connectivity index (χ2n) is 2.89. The van der Waals surface area contributed by atoms with Gasteiger partial charge >= 0.3 is 5.97 Å². The van der Waals surface area contributed by atoms with E-state index in [9.17, 15) is 4.79 Å². The van der Waals surface area contributed by atoms with Gasteiger partial charge in [-0.2, -0.15) is 0 Å². The summed E-state index contributed by atoms with van der Waals surface area (Å²) < 4.78 is 0. The zero-order valence-corrected chi connectivity index (χ0v) is 10.5. The van der Waals surface area contributed by atoms with Crippen LogP contribution in [0.15, 0.2) is 18.2 Å². The van der Waals surface area contributed by atoms with Gasteiger partial charge in [0.25, 0.3) is 0 Å². The van der Waals surface area contributed by atoms with Crippen LogP contribution < -0.4 is 11.5 Å². The van der Waals surface area contributed by atoms with E-state index in [4.69, 9.17) is 27.4 Å². The van der Waals surface area contributed by atoms with Crippen LogP contribution in [-0.4, -0.2) is 22.7 Å². The number of halogens is 1. The van der Waals surface area contributed by atoms with Crippen LogP contribution in [-0.2, 0) is 0 Å². The Morgan fingerprint density at radius 1 is 1.12 bits per heavy atom. The van der Waals surface area contributed by atoms with Crippen LogP contribution in [0.1, 0.15) is 21.5 Å².